The maximum Gasteiger partial charge on any atom is 0.167 e. The van der Waals surface area contributed by atoms with Crippen LogP contribution in [0.15, 0.2) is 30.9 Å². The third kappa shape index (κ3) is 4.96. The predicted molar refractivity (Wildman–Crippen MR) is 153 cm³/mol. The lowest BCUT2D eigenvalue weighted by molar-refractivity contribution is -0.0550. The second-order valence-corrected chi connectivity index (χ2v) is 12.4. The van der Waals surface area contributed by atoms with Gasteiger partial charge in [-0.1, -0.05) is 33.8 Å². The fourth-order valence-corrected chi connectivity index (χ4v) is 6.16. The van der Waals surface area contributed by atoms with Crippen molar-refractivity contribution in [1.82, 2.24) is 34.4 Å². The highest BCUT2D eigenvalue weighted by Crippen LogP contribution is 2.37. The van der Waals surface area contributed by atoms with E-state index in [0.717, 1.165) is 49.1 Å². The first kappa shape index (κ1) is 27.1. The van der Waals surface area contributed by atoms with Crippen LogP contribution in [0.25, 0.3) is 22.2 Å². The van der Waals surface area contributed by atoms with Gasteiger partial charge in [-0.05, 0) is 54.8 Å². The van der Waals surface area contributed by atoms with Crippen LogP contribution in [0.4, 0.5) is 5.82 Å². The number of nitrogens with zero attached hydrogens (tertiary/aromatic N) is 6. The molecule has 4 atom stereocenters. The molecule has 2 aliphatic rings. The smallest absolute Gasteiger partial charge is 0.167 e. The average Bonchev–Trinajstić information content (AvgIpc) is 3.58. The normalized spacial score (nSPS) is 27.2. The summed E-state index contributed by atoms with van der Waals surface area (Å²) >= 11 is 0. The zero-order valence-corrected chi connectivity index (χ0v) is 23.7. The van der Waals surface area contributed by atoms with E-state index in [9.17, 15) is 10.2 Å². The van der Waals surface area contributed by atoms with Gasteiger partial charge >= 0.3 is 0 Å². The van der Waals surface area contributed by atoms with Gasteiger partial charge in [-0.2, -0.15) is 0 Å². The van der Waals surface area contributed by atoms with Crippen LogP contribution in [-0.2, 0) is 16.6 Å². The summed E-state index contributed by atoms with van der Waals surface area (Å²) in [4.78, 5) is 23.2. The van der Waals surface area contributed by atoms with E-state index in [-0.39, 0.29) is 11.2 Å². The predicted octanol–water partition coefficient (Wildman–Crippen LogP) is 2.93. The van der Waals surface area contributed by atoms with Gasteiger partial charge in [-0.15, -0.1) is 0 Å². The second kappa shape index (κ2) is 10.4. The molecule has 2 fully saturated rings. The van der Waals surface area contributed by atoms with Crippen molar-refractivity contribution < 1.29 is 14.9 Å². The molecule has 11 nitrogen and oxygen atoms in total. The van der Waals surface area contributed by atoms with Gasteiger partial charge in [0, 0.05) is 19.0 Å². The summed E-state index contributed by atoms with van der Waals surface area (Å²) in [5.41, 5.74) is 10.4. The van der Waals surface area contributed by atoms with Crippen LogP contribution in [0.2, 0.25) is 0 Å². The minimum absolute atomic E-state index is 0.113. The molecule has 1 aromatic carbocycles. The number of aryl methyl sites for hydroxylation is 1. The molecule has 6 rings (SSSR count). The lowest BCUT2D eigenvalue weighted by Crippen LogP contribution is -2.49. The highest BCUT2D eigenvalue weighted by atomic mass is 16.6. The molecule has 0 radical (unpaired) electrons. The van der Waals surface area contributed by atoms with Crippen molar-refractivity contribution in [3.05, 3.63) is 42.2 Å². The summed E-state index contributed by atoms with van der Waals surface area (Å²) in [7, 11) is 0. The Balaban J connectivity index is 1.03. The number of fused-ring (bicyclic) bond motifs is 2. The van der Waals surface area contributed by atoms with Gasteiger partial charge in [0.05, 0.1) is 17.4 Å². The number of aromatic nitrogens is 6. The zero-order valence-electron chi connectivity index (χ0n) is 23.7. The molecule has 11 heteroatoms. The van der Waals surface area contributed by atoms with Crippen LogP contribution >= 0.6 is 0 Å². The Bertz CT molecular complexity index is 1490. The van der Waals surface area contributed by atoms with Crippen LogP contribution < -0.4 is 5.73 Å². The van der Waals surface area contributed by atoms with E-state index in [1.54, 1.807) is 4.57 Å². The Kier molecular flexibility index (Phi) is 7.02. The zero-order chi connectivity index (χ0) is 28.2. The van der Waals surface area contributed by atoms with Crippen LogP contribution in [0.5, 0.6) is 0 Å². The molecular weight excluding hydrogens is 508 g/mol. The van der Waals surface area contributed by atoms with Gasteiger partial charge in [0.2, 0.25) is 0 Å². The number of H-pyrrole nitrogens is 1. The van der Waals surface area contributed by atoms with Crippen molar-refractivity contribution in [3.8, 4) is 0 Å². The third-order valence-corrected chi connectivity index (χ3v) is 8.73. The topological polar surface area (TPSA) is 151 Å². The number of hydrogen-bond acceptors (Lipinski definition) is 9. The molecule has 214 valence electrons. The summed E-state index contributed by atoms with van der Waals surface area (Å²) in [6.07, 6.45) is 3.70. The first-order chi connectivity index (χ1) is 19.1. The highest BCUT2D eigenvalue weighted by molar-refractivity contribution is 5.81. The number of aliphatic hydroxyl groups is 2. The van der Waals surface area contributed by atoms with Crippen molar-refractivity contribution in [1.29, 1.82) is 0 Å². The number of anilines is 1. The van der Waals surface area contributed by atoms with Gasteiger partial charge in [0.15, 0.2) is 17.7 Å². The molecule has 5 N–H and O–H groups in total. The summed E-state index contributed by atoms with van der Waals surface area (Å²) < 4.78 is 7.81. The number of imidazole rings is 2. The van der Waals surface area contributed by atoms with Gasteiger partial charge in [-0.25, -0.2) is 19.9 Å². The molecule has 0 spiro atoms. The first-order valence-corrected chi connectivity index (χ1v) is 14.3. The monoisotopic (exact) mass is 548 g/mol. The van der Waals surface area contributed by atoms with Crippen molar-refractivity contribution in [2.75, 3.05) is 18.8 Å². The van der Waals surface area contributed by atoms with E-state index in [1.807, 2.05) is 0 Å². The molecule has 1 saturated carbocycles. The van der Waals surface area contributed by atoms with E-state index in [1.165, 1.54) is 18.2 Å². The Morgan fingerprint density at radius 3 is 2.70 bits per heavy atom. The number of likely N-dealkylation sites (N-methyl/N-ethyl adjacent to an activating group) is 1. The SMILES string of the molecule is CCN(CC1OC(n2cnc3c(N)ncnc32)C(O)C1O)C1CC(CCc2nc3ccc(C(C)(C)C)cc3[nH]2)C1. The van der Waals surface area contributed by atoms with E-state index in [2.05, 4.69) is 70.7 Å². The summed E-state index contributed by atoms with van der Waals surface area (Å²) in [6.45, 7) is 10.2. The molecule has 4 aromatic rings. The Labute approximate surface area is 233 Å². The summed E-state index contributed by atoms with van der Waals surface area (Å²) in [6, 6.07) is 6.96. The van der Waals surface area contributed by atoms with E-state index in [4.69, 9.17) is 15.5 Å². The fourth-order valence-electron chi connectivity index (χ4n) is 6.16. The second-order valence-electron chi connectivity index (χ2n) is 12.4. The van der Waals surface area contributed by atoms with Crippen molar-refractivity contribution in [3.63, 3.8) is 0 Å². The Morgan fingerprint density at radius 1 is 1.15 bits per heavy atom. The van der Waals surface area contributed by atoms with Crippen LogP contribution in [0.3, 0.4) is 0 Å². The van der Waals surface area contributed by atoms with Crippen molar-refractivity contribution in [2.24, 2.45) is 5.92 Å². The van der Waals surface area contributed by atoms with Crippen LogP contribution in [0, 0.1) is 5.92 Å². The lowest BCUT2D eigenvalue weighted by Gasteiger charge is -2.43. The molecule has 40 heavy (non-hydrogen) atoms. The maximum absolute atomic E-state index is 10.9. The molecule has 0 bridgehead atoms. The van der Waals surface area contributed by atoms with Gasteiger partial charge in [-0.3, -0.25) is 9.47 Å². The maximum atomic E-state index is 10.9. The standard InChI is InChI=1S/C29H40N8O3/c1-5-36(13-21-24(38)25(39)28(40-21)37-15-33-23-26(30)31-14-32-27(23)37)18-10-16(11-18)6-9-22-34-19-8-7-17(29(2,3)4)12-20(19)35-22/h7-8,12,14-16,18,21,24-25,28,38-39H,5-6,9-11,13H2,1-4H3,(H,34,35)(H2,30,31,32). The average molecular weight is 549 g/mol. The third-order valence-electron chi connectivity index (χ3n) is 8.73. The Morgan fingerprint density at radius 2 is 1.95 bits per heavy atom. The molecule has 4 unspecified atom stereocenters. The largest absolute Gasteiger partial charge is 0.387 e. The first-order valence-electron chi connectivity index (χ1n) is 14.3. The Hall–Kier alpha value is -3.12. The number of aromatic amines is 1. The van der Waals surface area contributed by atoms with Crippen molar-refractivity contribution >= 4 is 28.0 Å². The van der Waals surface area contributed by atoms with Gasteiger partial charge in [0.1, 0.15) is 36.0 Å². The van der Waals surface area contributed by atoms with Gasteiger partial charge in [0.25, 0.3) is 0 Å². The molecule has 1 aliphatic carbocycles. The molecule has 1 saturated heterocycles. The highest BCUT2D eigenvalue weighted by Gasteiger charge is 2.46. The molecule has 4 heterocycles. The quantitative estimate of drug-likeness (QED) is 0.260. The number of aliphatic hydroxyl groups excluding tert-OH is 2. The molecular formula is C29H40N8O3. The summed E-state index contributed by atoms with van der Waals surface area (Å²) in [5.74, 6) is 1.96. The minimum atomic E-state index is -1.10. The van der Waals surface area contributed by atoms with Crippen LogP contribution in [0.1, 0.15) is 64.6 Å². The molecule has 3 aromatic heterocycles. The minimum Gasteiger partial charge on any atom is -0.387 e. The fraction of sp³-hybridized carbons (Fsp3) is 0.586. The van der Waals surface area contributed by atoms with E-state index < -0.39 is 24.5 Å². The number of nitrogens with one attached hydrogen (secondary N) is 1. The van der Waals surface area contributed by atoms with Crippen molar-refractivity contribution in [2.45, 2.75) is 89.4 Å². The number of benzene rings is 1. The number of rotatable bonds is 8. The molecule has 1 aliphatic heterocycles. The molecule has 0 amide bonds. The number of nitrogen functional groups attached to an aromatic ring is 1. The summed E-state index contributed by atoms with van der Waals surface area (Å²) in [5, 5.41) is 21.7. The number of ether oxygens (including phenoxy) is 1. The van der Waals surface area contributed by atoms with Crippen LogP contribution in [-0.4, -0.2) is 82.0 Å². The lowest BCUT2D eigenvalue weighted by atomic mass is 9.76. The van der Waals surface area contributed by atoms with E-state index >= 15 is 0 Å². The van der Waals surface area contributed by atoms with Gasteiger partial charge < -0.3 is 25.7 Å². The number of nitrogens with two attached hydrogens (primary N) is 1. The van der Waals surface area contributed by atoms with E-state index in [0.29, 0.717) is 29.7 Å². The number of hydrogen-bond donors (Lipinski definition) is 4.